The van der Waals surface area contributed by atoms with Crippen LogP contribution in [0.3, 0.4) is 0 Å². The molecule has 3 aromatic rings. The Labute approximate surface area is 154 Å². The Kier molecular flexibility index (Phi) is 5.07. The Morgan fingerprint density at radius 1 is 1.04 bits per heavy atom. The molecule has 136 valence electrons. The Hall–Kier alpha value is -2.69. The van der Waals surface area contributed by atoms with Gasteiger partial charge in [-0.2, -0.15) is 4.98 Å². The first-order valence-corrected chi connectivity index (χ1v) is 9.01. The van der Waals surface area contributed by atoms with Gasteiger partial charge < -0.3 is 9.63 Å². The van der Waals surface area contributed by atoms with Gasteiger partial charge >= 0.3 is 0 Å². The monoisotopic (exact) mass is 351 g/mol. The number of hydrogen-bond donors (Lipinski definition) is 1. The highest BCUT2D eigenvalue weighted by atomic mass is 16.5. The van der Waals surface area contributed by atoms with Gasteiger partial charge in [0.2, 0.25) is 5.82 Å². The van der Waals surface area contributed by atoms with Crippen LogP contribution in [0.2, 0.25) is 0 Å². The Morgan fingerprint density at radius 2 is 1.81 bits per heavy atom. The lowest BCUT2D eigenvalue weighted by Crippen LogP contribution is -1.99. The first-order chi connectivity index (χ1) is 12.4. The SMILES string of the molecule is CCc1cc(-c2noc(-c3cc(C)nc(CC(C)C)c3)n2)cc(C)c1O. The zero-order chi connectivity index (χ0) is 18.8. The average Bonchev–Trinajstić information content (AvgIpc) is 3.06. The number of rotatable bonds is 5. The lowest BCUT2D eigenvalue weighted by molar-refractivity contribution is 0.432. The van der Waals surface area contributed by atoms with Crippen LogP contribution in [0.1, 0.15) is 43.3 Å². The highest BCUT2D eigenvalue weighted by Crippen LogP contribution is 2.30. The summed E-state index contributed by atoms with van der Waals surface area (Å²) in [4.78, 5) is 9.16. The van der Waals surface area contributed by atoms with Crippen LogP contribution in [0, 0.1) is 19.8 Å². The van der Waals surface area contributed by atoms with Crippen LogP contribution in [0.5, 0.6) is 5.75 Å². The first-order valence-electron chi connectivity index (χ1n) is 9.01. The van der Waals surface area contributed by atoms with Crippen molar-refractivity contribution < 1.29 is 9.63 Å². The summed E-state index contributed by atoms with van der Waals surface area (Å²) in [5, 5.41) is 14.3. The van der Waals surface area contributed by atoms with E-state index in [1.165, 1.54) is 0 Å². The zero-order valence-corrected chi connectivity index (χ0v) is 16.0. The van der Waals surface area contributed by atoms with Crippen molar-refractivity contribution in [1.29, 1.82) is 0 Å². The van der Waals surface area contributed by atoms with Gasteiger partial charge in [0.05, 0.1) is 0 Å². The number of benzene rings is 1. The normalized spacial score (nSPS) is 11.3. The first kappa shape index (κ1) is 18.1. The second-order valence-electron chi connectivity index (χ2n) is 7.16. The molecular formula is C21H25N3O2. The van der Waals surface area contributed by atoms with Crippen LogP contribution in [0.25, 0.3) is 22.8 Å². The molecule has 0 saturated carbocycles. The summed E-state index contributed by atoms with van der Waals surface area (Å²) < 4.78 is 5.51. The van der Waals surface area contributed by atoms with E-state index in [-0.39, 0.29) is 0 Å². The van der Waals surface area contributed by atoms with Gasteiger partial charge in [-0.05, 0) is 68.0 Å². The molecule has 2 aromatic heterocycles. The summed E-state index contributed by atoms with van der Waals surface area (Å²) in [7, 11) is 0. The quantitative estimate of drug-likeness (QED) is 0.709. The fourth-order valence-electron chi connectivity index (χ4n) is 3.09. The van der Waals surface area contributed by atoms with Crippen LogP contribution < -0.4 is 0 Å². The van der Waals surface area contributed by atoms with Crippen LogP contribution in [-0.2, 0) is 12.8 Å². The second kappa shape index (κ2) is 7.28. The number of phenolic OH excluding ortho intramolecular Hbond substituents is 1. The van der Waals surface area contributed by atoms with E-state index in [4.69, 9.17) is 4.52 Å². The fourth-order valence-corrected chi connectivity index (χ4v) is 3.09. The third-order valence-electron chi connectivity index (χ3n) is 4.32. The molecule has 0 amide bonds. The summed E-state index contributed by atoms with van der Waals surface area (Å²) in [6.45, 7) is 10.2. The number of nitrogens with zero attached hydrogens (tertiary/aromatic N) is 3. The van der Waals surface area contributed by atoms with E-state index in [2.05, 4.69) is 29.0 Å². The van der Waals surface area contributed by atoms with Crippen molar-refractivity contribution in [3.8, 4) is 28.6 Å². The molecule has 0 aliphatic rings. The van der Waals surface area contributed by atoms with Gasteiger partial charge in [0.1, 0.15) is 5.75 Å². The molecule has 0 atom stereocenters. The van der Waals surface area contributed by atoms with Gasteiger partial charge in [0.25, 0.3) is 5.89 Å². The van der Waals surface area contributed by atoms with Crippen molar-refractivity contribution in [3.05, 3.63) is 46.8 Å². The molecule has 0 radical (unpaired) electrons. The van der Waals surface area contributed by atoms with Crippen LogP contribution in [0.4, 0.5) is 0 Å². The molecule has 0 spiro atoms. The van der Waals surface area contributed by atoms with Gasteiger partial charge in [-0.15, -0.1) is 0 Å². The number of aromatic hydroxyl groups is 1. The van der Waals surface area contributed by atoms with Crippen molar-refractivity contribution in [3.63, 3.8) is 0 Å². The van der Waals surface area contributed by atoms with Crippen molar-refractivity contribution in [2.75, 3.05) is 0 Å². The number of pyridine rings is 1. The van der Waals surface area contributed by atoms with E-state index in [0.717, 1.165) is 46.5 Å². The Bertz CT molecular complexity index is 929. The molecule has 0 aliphatic carbocycles. The number of phenols is 1. The number of aromatic nitrogens is 3. The topological polar surface area (TPSA) is 72.0 Å². The van der Waals surface area contributed by atoms with E-state index in [9.17, 15) is 5.11 Å². The third kappa shape index (κ3) is 3.77. The minimum absolute atomic E-state index is 0.336. The lowest BCUT2D eigenvalue weighted by atomic mass is 10.0. The maximum atomic E-state index is 10.1. The summed E-state index contributed by atoms with van der Waals surface area (Å²) >= 11 is 0. The van der Waals surface area contributed by atoms with Gasteiger partial charge in [-0.25, -0.2) is 0 Å². The van der Waals surface area contributed by atoms with E-state index in [0.29, 0.717) is 23.4 Å². The number of hydrogen-bond acceptors (Lipinski definition) is 5. The maximum absolute atomic E-state index is 10.1. The minimum Gasteiger partial charge on any atom is -0.507 e. The average molecular weight is 351 g/mol. The molecule has 0 fully saturated rings. The van der Waals surface area contributed by atoms with Gasteiger partial charge in [0.15, 0.2) is 0 Å². The molecule has 0 aliphatic heterocycles. The molecule has 1 N–H and O–H groups in total. The molecule has 26 heavy (non-hydrogen) atoms. The highest BCUT2D eigenvalue weighted by molar-refractivity contribution is 5.63. The molecular weight excluding hydrogens is 326 g/mol. The zero-order valence-electron chi connectivity index (χ0n) is 16.0. The van der Waals surface area contributed by atoms with Crippen LogP contribution in [-0.4, -0.2) is 20.2 Å². The predicted octanol–water partition coefficient (Wildman–Crippen LogP) is 4.88. The van der Waals surface area contributed by atoms with Crippen molar-refractivity contribution >= 4 is 0 Å². The minimum atomic E-state index is 0.336. The molecule has 5 heteroatoms. The summed E-state index contributed by atoms with van der Waals surface area (Å²) in [6, 6.07) is 7.77. The maximum Gasteiger partial charge on any atom is 0.258 e. The molecule has 0 saturated heterocycles. The smallest absolute Gasteiger partial charge is 0.258 e. The van der Waals surface area contributed by atoms with Crippen LogP contribution in [0.15, 0.2) is 28.8 Å². The van der Waals surface area contributed by atoms with Gasteiger partial charge in [-0.3, -0.25) is 4.98 Å². The van der Waals surface area contributed by atoms with E-state index < -0.39 is 0 Å². The number of aryl methyl sites for hydroxylation is 3. The molecule has 3 rings (SSSR count). The Morgan fingerprint density at radius 3 is 2.50 bits per heavy atom. The summed E-state index contributed by atoms with van der Waals surface area (Å²) in [5.41, 5.74) is 5.39. The van der Waals surface area contributed by atoms with Gasteiger partial charge in [0, 0.05) is 22.5 Å². The van der Waals surface area contributed by atoms with E-state index >= 15 is 0 Å². The van der Waals surface area contributed by atoms with Gasteiger partial charge in [-0.1, -0.05) is 25.9 Å². The molecule has 1 aromatic carbocycles. The standard InChI is InChI=1S/C21H25N3O2/c1-6-15-10-16(8-13(4)19(15)25)20-23-21(26-24-20)17-9-14(5)22-18(11-17)7-12(2)3/h8-12,25H,6-7H2,1-5H3. The molecule has 2 heterocycles. The largest absolute Gasteiger partial charge is 0.507 e. The molecule has 5 nitrogen and oxygen atoms in total. The highest BCUT2D eigenvalue weighted by Gasteiger charge is 2.15. The van der Waals surface area contributed by atoms with E-state index in [1.54, 1.807) is 0 Å². The second-order valence-corrected chi connectivity index (χ2v) is 7.16. The van der Waals surface area contributed by atoms with Crippen molar-refractivity contribution in [1.82, 2.24) is 15.1 Å². The molecule has 0 unspecified atom stereocenters. The lowest BCUT2D eigenvalue weighted by Gasteiger charge is -2.07. The summed E-state index contributed by atoms with van der Waals surface area (Å²) in [5.74, 6) is 1.88. The Balaban J connectivity index is 1.98. The van der Waals surface area contributed by atoms with Crippen molar-refractivity contribution in [2.45, 2.75) is 47.5 Å². The third-order valence-corrected chi connectivity index (χ3v) is 4.32. The van der Waals surface area contributed by atoms with Crippen molar-refractivity contribution in [2.24, 2.45) is 5.92 Å². The predicted molar refractivity (Wildman–Crippen MR) is 102 cm³/mol. The van der Waals surface area contributed by atoms with Crippen LogP contribution >= 0.6 is 0 Å². The fraction of sp³-hybridized carbons (Fsp3) is 0.381. The summed E-state index contributed by atoms with van der Waals surface area (Å²) in [6.07, 6.45) is 1.65. The molecule has 0 bridgehead atoms. The van der Waals surface area contributed by atoms with E-state index in [1.807, 2.05) is 45.0 Å².